The molecule has 0 bridgehead atoms. The van der Waals surface area contributed by atoms with Crippen LogP contribution in [-0.4, -0.2) is 9.55 Å². The van der Waals surface area contributed by atoms with E-state index >= 15 is 0 Å². The van der Waals surface area contributed by atoms with Crippen LogP contribution in [0.15, 0.2) is 73.3 Å². The second-order valence-corrected chi connectivity index (χ2v) is 4.86. The summed E-state index contributed by atoms with van der Waals surface area (Å²) in [6.07, 6.45) is 7.52. The zero-order valence-electron chi connectivity index (χ0n) is 10.8. The molecule has 0 amide bonds. The van der Waals surface area contributed by atoms with Crippen molar-refractivity contribution in [1.82, 2.24) is 9.55 Å². The van der Waals surface area contributed by atoms with Crippen LogP contribution in [0.5, 0.6) is 0 Å². The van der Waals surface area contributed by atoms with Crippen molar-refractivity contribution in [2.24, 2.45) is 0 Å². The number of hydrogen-bond donors (Lipinski definition) is 0. The van der Waals surface area contributed by atoms with E-state index in [1.807, 2.05) is 53.2 Å². The molecule has 3 aromatic rings. The van der Waals surface area contributed by atoms with Crippen LogP contribution in [0.4, 0.5) is 0 Å². The molecule has 0 saturated heterocycles. The van der Waals surface area contributed by atoms with Crippen molar-refractivity contribution in [3.63, 3.8) is 0 Å². The summed E-state index contributed by atoms with van der Waals surface area (Å²) in [5.41, 5.74) is 3.40. The molecule has 2 nitrogen and oxygen atoms in total. The van der Waals surface area contributed by atoms with E-state index < -0.39 is 0 Å². The van der Waals surface area contributed by atoms with Crippen molar-refractivity contribution in [3.05, 3.63) is 89.5 Å². The lowest BCUT2D eigenvalue weighted by molar-refractivity contribution is 1.14. The van der Waals surface area contributed by atoms with E-state index in [1.165, 1.54) is 0 Å². The number of hydrogen-bond acceptors (Lipinski definition) is 1. The Balaban J connectivity index is 2.11. The van der Waals surface area contributed by atoms with E-state index in [9.17, 15) is 0 Å². The normalized spacial score (nSPS) is 11.6. The van der Waals surface area contributed by atoms with Gasteiger partial charge in [-0.15, -0.1) is 0 Å². The lowest BCUT2D eigenvalue weighted by Crippen LogP contribution is -1.91. The van der Waals surface area contributed by atoms with Crippen LogP contribution in [0.1, 0.15) is 11.1 Å². The molecule has 20 heavy (non-hydrogen) atoms. The zero-order valence-corrected chi connectivity index (χ0v) is 11.5. The highest BCUT2D eigenvalue weighted by Gasteiger charge is 2.05. The van der Waals surface area contributed by atoms with Gasteiger partial charge in [0.2, 0.25) is 0 Å². The predicted molar refractivity (Wildman–Crippen MR) is 83.4 cm³/mol. The number of benzene rings is 2. The van der Waals surface area contributed by atoms with Crippen LogP contribution in [0.2, 0.25) is 5.02 Å². The first-order valence-corrected chi connectivity index (χ1v) is 6.71. The Morgan fingerprint density at radius 2 is 1.65 bits per heavy atom. The number of halogens is 1. The van der Waals surface area contributed by atoms with E-state index in [1.54, 1.807) is 12.5 Å². The van der Waals surface area contributed by atoms with Crippen LogP contribution >= 0.6 is 11.6 Å². The monoisotopic (exact) mass is 280 g/mol. The zero-order chi connectivity index (χ0) is 13.8. The van der Waals surface area contributed by atoms with Crippen molar-refractivity contribution < 1.29 is 0 Å². The summed E-state index contributed by atoms with van der Waals surface area (Å²) < 4.78 is 1.94. The molecule has 0 spiro atoms. The first-order chi connectivity index (χ1) is 9.83. The Kier molecular flexibility index (Phi) is 3.66. The third-order valence-electron chi connectivity index (χ3n) is 3.04. The molecule has 98 valence electrons. The van der Waals surface area contributed by atoms with E-state index in [0.717, 1.165) is 21.7 Å². The van der Waals surface area contributed by atoms with Gasteiger partial charge < -0.3 is 4.57 Å². The van der Waals surface area contributed by atoms with Crippen LogP contribution in [-0.2, 0) is 0 Å². The number of nitrogens with zero attached hydrogens (tertiary/aromatic N) is 2. The van der Waals surface area contributed by atoms with E-state index in [2.05, 4.69) is 23.3 Å². The fourth-order valence-corrected chi connectivity index (χ4v) is 2.18. The van der Waals surface area contributed by atoms with Crippen molar-refractivity contribution in [2.45, 2.75) is 0 Å². The average Bonchev–Trinajstić information content (AvgIpc) is 3.00. The maximum Gasteiger partial charge on any atom is 0.0986 e. The van der Waals surface area contributed by atoms with Crippen LogP contribution in [0, 0.1) is 0 Å². The Hall–Kier alpha value is -2.32. The van der Waals surface area contributed by atoms with Gasteiger partial charge in [-0.05, 0) is 23.3 Å². The molecular formula is C17H13ClN2. The van der Waals surface area contributed by atoms with Crippen LogP contribution in [0.3, 0.4) is 0 Å². The summed E-state index contributed by atoms with van der Waals surface area (Å²) in [7, 11) is 0. The van der Waals surface area contributed by atoms with E-state index in [4.69, 9.17) is 11.6 Å². The molecule has 0 fully saturated rings. The Morgan fingerprint density at radius 3 is 2.30 bits per heavy atom. The van der Waals surface area contributed by atoms with Gasteiger partial charge in [0.1, 0.15) is 0 Å². The first-order valence-electron chi connectivity index (χ1n) is 6.33. The molecule has 0 atom stereocenters. The van der Waals surface area contributed by atoms with Gasteiger partial charge in [-0.3, -0.25) is 0 Å². The van der Waals surface area contributed by atoms with Crippen molar-refractivity contribution in [3.8, 4) is 0 Å². The number of aromatic nitrogens is 2. The van der Waals surface area contributed by atoms with Crippen molar-refractivity contribution in [1.29, 1.82) is 0 Å². The molecule has 3 heteroatoms. The summed E-state index contributed by atoms with van der Waals surface area (Å²) in [6.45, 7) is 0. The van der Waals surface area contributed by atoms with Crippen LogP contribution in [0.25, 0.3) is 11.8 Å². The smallest absolute Gasteiger partial charge is 0.0986 e. The minimum Gasteiger partial charge on any atom is -0.312 e. The topological polar surface area (TPSA) is 17.8 Å². The summed E-state index contributed by atoms with van der Waals surface area (Å²) in [6, 6.07) is 18.1. The molecule has 1 aromatic heterocycles. The maximum atomic E-state index is 5.97. The standard InChI is InChI=1S/C17H13ClN2/c18-16-8-6-15(7-9-16)17(12-20-11-10-19-13-20)14-4-2-1-3-5-14/h1-13H/b17-12+. The van der Waals surface area contributed by atoms with E-state index in [0.29, 0.717) is 0 Å². The molecule has 0 radical (unpaired) electrons. The fourth-order valence-electron chi connectivity index (χ4n) is 2.06. The minimum absolute atomic E-state index is 0.740. The van der Waals surface area contributed by atoms with Gasteiger partial charge >= 0.3 is 0 Å². The van der Waals surface area contributed by atoms with Gasteiger partial charge in [0.25, 0.3) is 0 Å². The first kappa shape index (κ1) is 12.7. The summed E-state index contributed by atoms with van der Waals surface area (Å²) in [5, 5.41) is 0.740. The quantitative estimate of drug-likeness (QED) is 0.686. The molecule has 0 aliphatic carbocycles. The Morgan fingerprint density at radius 1 is 0.950 bits per heavy atom. The van der Waals surface area contributed by atoms with Gasteiger partial charge in [-0.2, -0.15) is 0 Å². The second-order valence-electron chi connectivity index (χ2n) is 4.43. The highest BCUT2D eigenvalue weighted by molar-refractivity contribution is 6.30. The van der Waals surface area contributed by atoms with Gasteiger partial charge in [0.05, 0.1) is 6.33 Å². The molecule has 1 heterocycles. The van der Waals surface area contributed by atoms with Crippen molar-refractivity contribution in [2.75, 3.05) is 0 Å². The SMILES string of the molecule is Clc1ccc(/C(=C/n2ccnc2)c2ccccc2)cc1. The number of rotatable bonds is 3. The molecule has 0 N–H and O–H groups in total. The summed E-state index contributed by atoms with van der Waals surface area (Å²) in [4.78, 5) is 4.07. The maximum absolute atomic E-state index is 5.97. The van der Waals surface area contributed by atoms with Gasteiger partial charge in [-0.25, -0.2) is 4.98 Å². The fraction of sp³-hybridized carbons (Fsp3) is 0. The lowest BCUT2D eigenvalue weighted by atomic mass is 9.99. The molecule has 0 aliphatic rings. The Bertz CT molecular complexity index is 699. The van der Waals surface area contributed by atoms with Gasteiger partial charge in [0.15, 0.2) is 0 Å². The average molecular weight is 281 g/mol. The van der Waals surface area contributed by atoms with E-state index in [-0.39, 0.29) is 0 Å². The third kappa shape index (κ3) is 2.81. The van der Waals surface area contributed by atoms with Gasteiger partial charge in [-0.1, -0.05) is 54.1 Å². The minimum atomic E-state index is 0.740. The Labute approximate surface area is 123 Å². The molecule has 2 aromatic carbocycles. The lowest BCUT2D eigenvalue weighted by Gasteiger charge is -2.09. The molecular weight excluding hydrogens is 268 g/mol. The summed E-state index contributed by atoms with van der Waals surface area (Å²) in [5.74, 6) is 0. The highest BCUT2D eigenvalue weighted by atomic mass is 35.5. The van der Waals surface area contributed by atoms with Gasteiger partial charge in [0, 0.05) is 29.2 Å². The van der Waals surface area contributed by atoms with Crippen molar-refractivity contribution >= 4 is 23.4 Å². The number of imidazole rings is 1. The predicted octanol–water partition coefficient (Wildman–Crippen LogP) is 4.58. The highest BCUT2D eigenvalue weighted by Crippen LogP contribution is 2.25. The largest absolute Gasteiger partial charge is 0.312 e. The second kappa shape index (κ2) is 5.76. The molecule has 0 aliphatic heterocycles. The molecule has 0 unspecified atom stereocenters. The third-order valence-corrected chi connectivity index (χ3v) is 3.30. The molecule has 3 rings (SSSR count). The summed E-state index contributed by atoms with van der Waals surface area (Å²) >= 11 is 5.97. The van der Waals surface area contributed by atoms with Crippen LogP contribution < -0.4 is 0 Å². The molecule has 0 saturated carbocycles.